The summed E-state index contributed by atoms with van der Waals surface area (Å²) in [6, 6.07) is 11.3. The van der Waals surface area contributed by atoms with Gasteiger partial charge in [0.15, 0.2) is 5.96 Å². The molecule has 2 heterocycles. The Morgan fingerprint density at radius 2 is 1.88 bits per heavy atom. The summed E-state index contributed by atoms with van der Waals surface area (Å²) in [5, 5.41) is 6.50. The number of carbonyl (C=O) groups is 1. The van der Waals surface area contributed by atoms with Crippen LogP contribution in [-0.4, -0.2) is 106 Å². The molecule has 0 aliphatic carbocycles. The van der Waals surface area contributed by atoms with Crippen molar-refractivity contribution in [2.24, 2.45) is 4.99 Å². The number of benzene rings is 1. The van der Waals surface area contributed by atoms with Crippen molar-refractivity contribution in [1.29, 1.82) is 0 Å². The molecule has 32 heavy (non-hydrogen) atoms. The number of aliphatic imine (C=N–C) groups is 1. The van der Waals surface area contributed by atoms with Gasteiger partial charge >= 0.3 is 0 Å². The van der Waals surface area contributed by atoms with Crippen LogP contribution in [0.1, 0.15) is 18.4 Å². The number of piperazine rings is 1. The van der Waals surface area contributed by atoms with Gasteiger partial charge in [0.05, 0.1) is 13.2 Å². The van der Waals surface area contributed by atoms with Crippen LogP contribution >= 0.6 is 24.0 Å². The van der Waals surface area contributed by atoms with Crippen LogP contribution in [0.4, 0.5) is 0 Å². The second-order valence-corrected chi connectivity index (χ2v) is 8.29. The molecule has 2 aliphatic rings. The van der Waals surface area contributed by atoms with E-state index >= 15 is 0 Å². The molecule has 0 aromatic heterocycles. The highest BCUT2D eigenvalue weighted by molar-refractivity contribution is 14.0. The summed E-state index contributed by atoms with van der Waals surface area (Å²) < 4.78 is 4.97. The van der Waals surface area contributed by atoms with E-state index in [2.05, 4.69) is 60.7 Å². The van der Waals surface area contributed by atoms with Crippen LogP contribution in [0.2, 0.25) is 0 Å². The number of guanidine groups is 1. The van der Waals surface area contributed by atoms with Gasteiger partial charge in [0, 0.05) is 66.0 Å². The van der Waals surface area contributed by atoms with Crippen molar-refractivity contribution < 1.29 is 9.53 Å². The number of nitrogens with one attached hydrogen (secondary N) is 2. The first-order valence-corrected chi connectivity index (χ1v) is 11.4. The lowest BCUT2D eigenvalue weighted by molar-refractivity contribution is -0.122. The van der Waals surface area contributed by atoms with Crippen molar-refractivity contribution in [1.82, 2.24) is 25.3 Å². The molecule has 8 nitrogen and oxygen atoms in total. The summed E-state index contributed by atoms with van der Waals surface area (Å²) in [5.74, 6) is 1.03. The Bertz CT molecular complexity index is 697. The number of hydrogen-bond acceptors (Lipinski definition) is 5. The maximum atomic E-state index is 12.0. The number of methoxy groups -OCH3 is 1. The summed E-state index contributed by atoms with van der Waals surface area (Å²) in [6.07, 6.45) is 2.48. The van der Waals surface area contributed by atoms with Gasteiger partial charge in [-0.15, -0.1) is 24.0 Å². The molecule has 1 aromatic rings. The molecule has 0 radical (unpaired) electrons. The van der Waals surface area contributed by atoms with Gasteiger partial charge in [0.1, 0.15) is 0 Å². The van der Waals surface area contributed by atoms with Crippen molar-refractivity contribution in [3.8, 4) is 0 Å². The summed E-state index contributed by atoms with van der Waals surface area (Å²) in [7, 11) is 3.49. The van der Waals surface area contributed by atoms with Crippen LogP contribution in [0.5, 0.6) is 0 Å². The highest BCUT2D eigenvalue weighted by Crippen LogP contribution is 2.19. The number of amides is 1. The topological polar surface area (TPSA) is 72.4 Å². The van der Waals surface area contributed by atoms with E-state index in [0.29, 0.717) is 25.7 Å². The van der Waals surface area contributed by atoms with Gasteiger partial charge in [0.25, 0.3) is 0 Å². The zero-order valence-corrected chi connectivity index (χ0v) is 21.8. The predicted molar refractivity (Wildman–Crippen MR) is 140 cm³/mol. The highest BCUT2D eigenvalue weighted by atomic mass is 127. The Hall–Kier alpha value is -1.43. The third-order valence-corrected chi connectivity index (χ3v) is 6.10. The van der Waals surface area contributed by atoms with Gasteiger partial charge in [-0.25, -0.2) is 0 Å². The molecule has 0 spiro atoms. The lowest BCUT2D eigenvalue weighted by atomic mass is 10.2. The molecule has 3 rings (SSSR count). The van der Waals surface area contributed by atoms with E-state index in [1.54, 1.807) is 7.11 Å². The van der Waals surface area contributed by atoms with E-state index in [1.807, 2.05) is 7.05 Å². The Balaban J connectivity index is 0.00000363. The SMILES string of the molecule is CN=C(NCC1CCCN1Cc1ccccc1)N1CCN(CC(=O)NCCOC)CC1.I. The first-order chi connectivity index (χ1) is 15.2. The Kier molecular flexibility index (Phi) is 12.3. The second kappa shape index (κ2) is 14.7. The summed E-state index contributed by atoms with van der Waals surface area (Å²) >= 11 is 0. The maximum absolute atomic E-state index is 12.0. The van der Waals surface area contributed by atoms with E-state index in [-0.39, 0.29) is 29.9 Å². The van der Waals surface area contributed by atoms with E-state index in [1.165, 1.54) is 18.4 Å². The van der Waals surface area contributed by atoms with Crippen LogP contribution in [0.3, 0.4) is 0 Å². The molecule has 0 bridgehead atoms. The van der Waals surface area contributed by atoms with Crippen molar-refractivity contribution >= 4 is 35.8 Å². The minimum absolute atomic E-state index is 0. The van der Waals surface area contributed by atoms with E-state index < -0.39 is 0 Å². The van der Waals surface area contributed by atoms with Gasteiger partial charge in [-0.3, -0.25) is 19.6 Å². The maximum Gasteiger partial charge on any atom is 0.234 e. The normalized spacial score (nSPS) is 20.1. The Morgan fingerprint density at radius 3 is 2.56 bits per heavy atom. The zero-order chi connectivity index (χ0) is 21.9. The van der Waals surface area contributed by atoms with Crippen LogP contribution in [-0.2, 0) is 16.1 Å². The molecule has 1 amide bonds. The summed E-state index contributed by atoms with van der Waals surface area (Å²) in [4.78, 5) is 23.6. The molecule has 2 saturated heterocycles. The Morgan fingerprint density at radius 1 is 1.12 bits per heavy atom. The molecule has 2 fully saturated rings. The van der Waals surface area contributed by atoms with Crippen molar-refractivity contribution in [2.45, 2.75) is 25.4 Å². The van der Waals surface area contributed by atoms with Crippen LogP contribution < -0.4 is 10.6 Å². The minimum atomic E-state index is 0. The number of hydrogen-bond donors (Lipinski definition) is 2. The standard InChI is InChI=1S/C23H38N6O2.HI/c1-24-23(28-14-12-27(13-15-28)19-22(30)25-10-16-31-2)26-17-21-9-6-11-29(21)18-20-7-4-3-5-8-20;/h3-5,7-8,21H,6,9-19H2,1-2H3,(H,24,26)(H,25,30);1H. The second-order valence-electron chi connectivity index (χ2n) is 8.29. The number of halogens is 1. The third kappa shape index (κ3) is 8.49. The van der Waals surface area contributed by atoms with Crippen LogP contribution in [0, 0.1) is 0 Å². The number of nitrogens with zero attached hydrogens (tertiary/aromatic N) is 4. The molecule has 9 heteroatoms. The summed E-state index contributed by atoms with van der Waals surface area (Å²) in [6.45, 7) is 8.12. The fraction of sp³-hybridized carbons (Fsp3) is 0.652. The van der Waals surface area contributed by atoms with E-state index in [9.17, 15) is 4.79 Å². The number of carbonyl (C=O) groups excluding carboxylic acids is 1. The van der Waals surface area contributed by atoms with Gasteiger partial charge in [-0.05, 0) is 24.9 Å². The quantitative estimate of drug-likeness (QED) is 0.206. The van der Waals surface area contributed by atoms with Gasteiger partial charge in [-0.2, -0.15) is 0 Å². The van der Waals surface area contributed by atoms with Crippen molar-refractivity contribution in [3.63, 3.8) is 0 Å². The fourth-order valence-corrected chi connectivity index (χ4v) is 4.36. The van der Waals surface area contributed by atoms with Gasteiger partial charge in [0.2, 0.25) is 5.91 Å². The predicted octanol–water partition coefficient (Wildman–Crippen LogP) is 1.22. The first kappa shape index (κ1) is 26.8. The first-order valence-electron chi connectivity index (χ1n) is 11.4. The molecule has 180 valence electrons. The molecule has 2 N–H and O–H groups in total. The van der Waals surface area contributed by atoms with Crippen molar-refractivity contribution in [2.75, 3.05) is 73.1 Å². The summed E-state index contributed by atoms with van der Waals surface area (Å²) in [5.41, 5.74) is 1.38. The average molecular weight is 559 g/mol. The third-order valence-electron chi connectivity index (χ3n) is 6.10. The molecule has 0 saturated carbocycles. The van der Waals surface area contributed by atoms with Crippen LogP contribution in [0.25, 0.3) is 0 Å². The number of likely N-dealkylation sites (tertiary alicyclic amines) is 1. The van der Waals surface area contributed by atoms with Gasteiger partial charge < -0.3 is 20.3 Å². The molecule has 1 unspecified atom stereocenters. The van der Waals surface area contributed by atoms with E-state index in [4.69, 9.17) is 4.74 Å². The molecular weight excluding hydrogens is 519 g/mol. The number of ether oxygens (including phenoxy) is 1. The lowest BCUT2D eigenvalue weighted by Gasteiger charge is -2.36. The van der Waals surface area contributed by atoms with Gasteiger partial charge in [-0.1, -0.05) is 30.3 Å². The number of rotatable bonds is 9. The average Bonchev–Trinajstić information content (AvgIpc) is 3.23. The molecule has 1 aromatic carbocycles. The Labute approximate surface area is 209 Å². The molecular formula is C23H39IN6O2. The minimum Gasteiger partial charge on any atom is -0.383 e. The fourth-order valence-electron chi connectivity index (χ4n) is 4.36. The largest absolute Gasteiger partial charge is 0.383 e. The van der Waals surface area contributed by atoms with E-state index in [0.717, 1.165) is 51.8 Å². The van der Waals surface area contributed by atoms with Crippen LogP contribution in [0.15, 0.2) is 35.3 Å². The molecule has 1 atom stereocenters. The highest BCUT2D eigenvalue weighted by Gasteiger charge is 2.26. The van der Waals surface area contributed by atoms with Crippen molar-refractivity contribution in [3.05, 3.63) is 35.9 Å². The zero-order valence-electron chi connectivity index (χ0n) is 19.5. The monoisotopic (exact) mass is 558 g/mol. The smallest absolute Gasteiger partial charge is 0.234 e. The molecule has 2 aliphatic heterocycles. The lowest BCUT2D eigenvalue weighted by Crippen LogP contribution is -2.55.